The average molecular weight is 600 g/mol. The van der Waals surface area contributed by atoms with Gasteiger partial charge in [0.2, 0.25) is 11.7 Å². The molecule has 0 radical (unpaired) electrons. The zero-order chi connectivity index (χ0) is 30.5. The number of hydrogen-bond acceptors (Lipinski definition) is 9. The molecule has 1 N–H and O–H groups in total. The van der Waals surface area contributed by atoms with Gasteiger partial charge in [-0.15, -0.1) is 10.2 Å². The number of amides is 4. The number of carbonyl (C=O) groups excluding carboxylic acids is 4. The molecular weight excluding hydrogens is 558 g/mol. The summed E-state index contributed by atoms with van der Waals surface area (Å²) in [6.45, 7) is 7.99. The summed E-state index contributed by atoms with van der Waals surface area (Å²) in [5.74, 6) is -1.14. The lowest BCUT2D eigenvalue weighted by Gasteiger charge is -2.36. The third-order valence-electron chi connectivity index (χ3n) is 8.17. The van der Waals surface area contributed by atoms with Gasteiger partial charge in [-0.3, -0.25) is 19.3 Å². The van der Waals surface area contributed by atoms with Crippen LogP contribution in [0.25, 0.3) is 0 Å². The third kappa shape index (κ3) is 7.03. The highest BCUT2D eigenvalue weighted by Crippen LogP contribution is 2.37. The Kier molecular flexibility index (Phi) is 10.1. The fraction of sp³-hybridized carbons (Fsp3) is 0.600. The highest BCUT2D eigenvalue weighted by molar-refractivity contribution is 7.99. The number of likely N-dealkylation sites (N-methyl/N-ethyl adjacent to an activating group) is 1. The first-order valence-corrected chi connectivity index (χ1v) is 15.5. The van der Waals surface area contributed by atoms with Crippen LogP contribution in [-0.2, 0) is 20.9 Å². The number of ether oxygens (including phenoxy) is 1. The van der Waals surface area contributed by atoms with Crippen LogP contribution in [0.15, 0.2) is 40.0 Å². The smallest absolute Gasteiger partial charge is 0.328 e. The minimum Gasteiger partial charge on any atom is -0.408 e. The molecule has 2 heterocycles. The van der Waals surface area contributed by atoms with Gasteiger partial charge in [0.1, 0.15) is 5.54 Å². The van der Waals surface area contributed by atoms with Crippen molar-refractivity contribution in [3.8, 4) is 0 Å². The Morgan fingerprint density at radius 1 is 1.10 bits per heavy atom. The lowest BCUT2D eigenvalue weighted by Crippen LogP contribution is -2.51. The predicted molar refractivity (Wildman–Crippen MR) is 156 cm³/mol. The van der Waals surface area contributed by atoms with Crippen molar-refractivity contribution in [2.75, 3.05) is 19.5 Å². The number of Topliss-reactive ketones (excluding diaryl/α,β-unsaturated/α-hetero) is 1. The van der Waals surface area contributed by atoms with Crippen molar-refractivity contribution < 1.29 is 28.3 Å². The van der Waals surface area contributed by atoms with Crippen molar-refractivity contribution >= 4 is 35.4 Å². The van der Waals surface area contributed by atoms with Crippen LogP contribution in [0, 0.1) is 11.3 Å². The van der Waals surface area contributed by atoms with Crippen LogP contribution in [0.1, 0.15) is 82.5 Å². The van der Waals surface area contributed by atoms with Crippen molar-refractivity contribution in [2.45, 2.75) is 89.6 Å². The normalized spacial score (nSPS) is 18.9. The third-order valence-corrected chi connectivity index (χ3v) is 8.97. The summed E-state index contributed by atoms with van der Waals surface area (Å²) in [4.78, 5) is 55.0. The first kappa shape index (κ1) is 31.7. The Labute approximate surface area is 251 Å². The number of imide groups is 1. The maximum absolute atomic E-state index is 13.8. The summed E-state index contributed by atoms with van der Waals surface area (Å²) >= 11 is 0.996. The Morgan fingerprint density at radius 3 is 2.40 bits per heavy atom. The molecular formula is C30H41N5O6S. The first-order valence-electron chi connectivity index (χ1n) is 14.5. The quantitative estimate of drug-likeness (QED) is 0.198. The molecule has 42 heavy (non-hydrogen) atoms. The number of nitrogens with one attached hydrogen (secondary N) is 1. The molecule has 1 aliphatic heterocycles. The molecule has 4 rings (SSSR count). The van der Waals surface area contributed by atoms with Gasteiger partial charge < -0.3 is 19.4 Å². The molecule has 1 aliphatic carbocycles. The molecule has 12 heteroatoms. The summed E-state index contributed by atoms with van der Waals surface area (Å²) in [5.41, 5.74) is -0.622. The number of thioether (sulfide) groups is 1. The van der Waals surface area contributed by atoms with Gasteiger partial charge >= 0.3 is 6.03 Å². The molecule has 1 aromatic heterocycles. The number of carbonyl (C=O) groups is 4. The van der Waals surface area contributed by atoms with E-state index in [9.17, 15) is 19.2 Å². The van der Waals surface area contributed by atoms with E-state index in [1.54, 1.807) is 20.9 Å². The van der Waals surface area contributed by atoms with Crippen LogP contribution >= 0.6 is 11.8 Å². The highest BCUT2D eigenvalue weighted by Gasteiger charge is 2.49. The van der Waals surface area contributed by atoms with Crippen LogP contribution in [0.3, 0.4) is 0 Å². The molecule has 1 saturated heterocycles. The summed E-state index contributed by atoms with van der Waals surface area (Å²) in [5, 5.41) is 10.9. The van der Waals surface area contributed by atoms with E-state index >= 15 is 0 Å². The first-order chi connectivity index (χ1) is 19.9. The zero-order valence-electron chi connectivity index (χ0n) is 25.1. The van der Waals surface area contributed by atoms with Gasteiger partial charge in [-0.2, -0.15) is 0 Å². The van der Waals surface area contributed by atoms with E-state index in [-0.39, 0.29) is 41.3 Å². The molecule has 11 nitrogen and oxygen atoms in total. The molecule has 228 valence electrons. The van der Waals surface area contributed by atoms with Crippen molar-refractivity contribution in [3.05, 3.63) is 41.8 Å². The van der Waals surface area contributed by atoms with Gasteiger partial charge in [-0.25, -0.2) is 4.79 Å². The fourth-order valence-corrected chi connectivity index (χ4v) is 6.05. The summed E-state index contributed by atoms with van der Waals surface area (Å²) in [7, 11) is 1.57. The predicted octanol–water partition coefficient (Wildman–Crippen LogP) is 4.67. The molecule has 1 atom stereocenters. The number of nitrogens with zero attached hydrogens (tertiary/aromatic N) is 4. The summed E-state index contributed by atoms with van der Waals surface area (Å²) in [6, 6.07) is 8.57. The van der Waals surface area contributed by atoms with E-state index in [0.29, 0.717) is 25.9 Å². The maximum Gasteiger partial charge on any atom is 0.328 e. The molecule has 2 aromatic rings. The lowest BCUT2D eigenvalue weighted by atomic mass is 9.73. The summed E-state index contributed by atoms with van der Waals surface area (Å²) in [6.07, 6.45) is 4.69. The van der Waals surface area contributed by atoms with Crippen molar-refractivity contribution in [1.29, 1.82) is 0 Å². The second-order valence-electron chi connectivity index (χ2n) is 12.1. The molecule has 2 fully saturated rings. The molecule has 0 bridgehead atoms. The fourth-order valence-electron chi connectivity index (χ4n) is 5.35. The minimum absolute atomic E-state index is 0.0288. The Bertz CT molecular complexity index is 1270. The van der Waals surface area contributed by atoms with Crippen molar-refractivity contribution in [2.24, 2.45) is 11.3 Å². The molecule has 0 unspecified atom stereocenters. The van der Waals surface area contributed by atoms with Gasteiger partial charge in [-0.1, -0.05) is 63.4 Å². The highest BCUT2D eigenvalue weighted by atomic mass is 32.2. The Morgan fingerprint density at radius 2 is 1.79 bits per heavy atom. The molecule has 1 saturated carbocycles. The van der Waals surface area contributed by atoms with Gasteiger partial charge in [-0.05, 0) is 56.4 Å². The second-order valence-corrected chi connectivity index (χ2v) is 13.0. The molecule has 4 amide bonds. The Hall–Kier alpha value is -3.25. The topological polar surface area (TPSA) is 135 Å². The van der Waals surface area contributed by atoms with Crippen LogP contribution < -0.4 is 5.32 Å². The lowest BCUT2D eigenvalue weighted by molar-refractivity contribution is -0.138. The number of rotatable bonds is 13. The van der Waals surface area contributed by atoms with Gasteiger partial charge in [0.25, 0.3) is 17.0 Å². The van der Waals surface area contributed by atoms with E-state index in [1.807, 2.05) is 44.2 Å². The zero-order valence-corrected chi connectivity index (χ0v) is 25.9. The monoisotopic (exact) mass is 599 g/mol. The maximum atomic E-state index is 13.8. The van der Waals surface area contributed by atoms with Crippen LogP contribution in [0.5, 0.6) is 0 Å². The number of aromatic nitrogens is 2. The molecule has 1 aromatic carbocycles. The average Bonchev–Trinajstić information content (AvgIpc) is 3.50. The van der Waals surface area contributed by atoms with Gasteiger partial charge in [0.15, 0.2) is 0 Å². The van der Waals surface area contributed by atoms with Crippen LogP contribution in [-0.4, -0.2) is 74.7 Å². The number of benzene rings is 1. The second kappa shape index (κ2) is 13.4. The van der Waals surface area contributed by atoms with E-state index < -0.39 is 28.8 Å². The number of ketones is 1. The van der Waals surface area contributed by atoms with Crippen LogP contribution in [0.2, 0.25) is 0 Å². The SMILES string of the molecule is CC(C)C[C@H](NC(=O)C1(COCc2ccccc2)CCCCC1)C(=O)c1nnc(SCN2C(=O)N(C)C(C)(C)C2=O)o1. The van der Waals surface area contributed by atoms with E-state index in [4.69, 9.17) is 9.15 Å². The molecule has 0 spiro atoms. The van der Waals surface area contributed by atoms with E-state index in [1.165, 1.54) is 4.90 Å². The van der Waals surface area contributed by atoms with Gasteiger partial charge in [0, 0.05) is 7.05 Å². The van der Waals surface area contributed by atoms with E-state index in [2.05, 4.69) is 15.5 Å². The standard InChI is InChI=1S/C30H41N5O6S/c1-20(2)16-22(31-25(37)30(14-10-7-11-15-30)18-40-17-21-12-8-6-9-13-21)23(36)24-32-33-27(41-24)42-19-35-26(38)29(3,4)34(5)28(35)39/h6,8-9,12-13,20,22H,7,10-11,14-19H2,1-5H3,(H,31,37)/t22-/m0/s1. The molecule has 2 aliphatic rings. The Balaban J connectivity index is 1.42. The van der Waals surface area contributed by atoms with Crippen molar-refractivity contribution in [3.63, 3.8) is 0 Å². The van der Waals surface area contributed by atoms with Crippen LogP contribution in [0.4, 0.5) is 4.79 Å². The summed E-state index contributed by atoms with van der Waals surface area (Å²) < 4.78 is 11.7. The van der Waals surface area contributed by atoms with E-state index in [0.717, 1.165) is 41.5 Å². The van der Waals surface area contributed by atoms with Crippen molar-refractivity contribution in [1.82, 2.24) is 25.3 Å². The minimum atomic E-state index is -0.946. The largest absolute Gasteiger partial charge is 0.408 e. The number of hydrogen-bond donors (Lipinski definition) is 1. The number of urea groups is 1. The van der Waals surface area contributed by atoms with Gasteiger partial charge in [0.05, 0.1) is 30.5 Å².